The van der Waals surface area contributed by atoms with Gasteiger partial charge in [0, 0.05) is 42.5 Å². The van der Waals surface area contributed by atoms with Crippen LogP contribution in [0.5, 0.6) is 0 Å². The second-order valence-corrected chi connectivity index (χ2v) is 9.17. The van der Waals surface area contributed by atoms with Crippen molar-refractivity contribution in [3.63, 3.8) is 0 Å². The van der Waals surface area contributed by atoms with Crippen LogP contribution in [0.4, 0.5) is 0 Å². The summed E-state index contributed by atoms with van der Waals surface area (Å²) in [7, 11) is 0. The summed E-state index contributed by atoms with van der Waals surface area (Å²) >= 11 is 0. The molecule has 1 atom stereocenters. The monoisotopic (exact) mass is 454 g/mol. The van der Waals surface area contributed by atoms with E-state index in [4.69, 9.17) is 5.10 Å². The molecule has 1 fully saturated rings. The molecule has 1 saturated heterocycles. The number of nitrogens with zero attached hydrogens (tertiary/aromatic N) is 6. The van der Waals surface area contributed by atoms with Crippen molar-refractivity contribution in [1.82, 2.24) is 29.3 Å². The summed E-state index contributed by atoms with van der Waals surface area (Å²) in [6.07, 6.45) is 7.57. The third-order valence-electron chi connectivity index (χ3n) is 6.72. The topological polar surface area (TPSA) is 68.3 Å². The largest absolute Gasteiger partial charge is 0.338 e. The van der Waals surface area contributed by atoms with Crippen molar-refractivity contribution in [1.29, 1.82) is 0 Å². The van der Waals surface area contributed by atoms with Crippen molar-refractivity contribution in [2.45, 2.75) is 46.1 Å². The average molecular weight is 455 g/mol. The molecular formula is C27H30N6O. The lowest BCUT2D eigenvalue weighted by atomic mass is 9.97. The van der Waals surface area contributed by atoms with Gasteiger partial charge in [0.25, 0.3) is 0 Å². The molecule has 0 N–H and O–H groups in total. The molecular weight excluding hydrogens is 424 g/mol. The molecule has 5 rings (SSSR count). The quantitative estimate of drug-likeness (QED) is 0.421. The van der Waals surface area contributed by atoms with Crippen LogP contribution in [0, 0.1) is 20.8 Å². The zero-order valence-corrected chi connectivity index (χ0v) is 20.0. The van der Waals surface area contributed by atoms with Gasteiger partial charge in [-0.25, -0.2) is 0 Å². The van der Waals surface area contributed by atoms with E-state index in [9.17, 15) is 4.79 Å². The van der Waals surface area contributed by atoms with E-state index in [1.54, 1.807) is 6.08 Å². The number of benzene rings is 1. The Hall–Kier alpha value is -3.74. The van der Waals surface area contributed by atoms with E-state index < -0.39 is 0 Å². The van der Waals surface area contributed by atoms with E-state index in [1.165, 1.54) is 11.1 Å². The van der Waals surface area contributed by atoms with Crippen LogP contribution in [0.25, 0.3) is 11.7 Å². The molecule has 0 saturated carbocycles. The van der Waals surface area contributed by atoms with Crippen LogP contribution >= 0.6 is 0 Å². The number of hydrogen-bond acceptors (Lipinski definition) is 4. The van der Waals surface area contributed by atoms with Crippen LogP contribution in [0.1, 0.15) is 52.7 Å². The number of aryl methyl sites for hydroxylation is 2. The number of pyridine rings is 1. The Morgan fingerprint density at radius 1 is 1.09 bits per heavy atom. The smallest absolute Gasteiger partial charge is 0.246 e. The first-order valence-corrected chi connectivity index (χ1v) is 11.9. The third-order valence-corrected chi connectivity index (χ3v) is 6.72. The number of piperidine rings is 1. The molecule has 1 aromatic carbocycles. The Labute approximate surface area is 199 Å². The van der Waals surface area contributed by atoms with E-state index in [0.29, 0.717) is 6.54 Å². The van der Waals surface area contributed by atoms with Gasteiger partial charge in [-0.1, -0.05) is 35.9 Å². The van der Waals surface area contributed by atoms with E-state index in [2.05, 4.69) is 48.3 Å². The summed E-state index contributed by atoms with van der Waals surface area (Å²) in [6, 6.07) is 14.4. The normalized spacial score (nSPS) is 16.6. The Kier molecular flexibility index (Phi) is 6.01. The fraction of sp³-hybridized carbons (Fsp3) is 0.333. The molecule has 0 spiro atoms. The number of carbonyl (C=O) groups is 1. The summed E-state index contributed by atoms with van der Waals surface area (Å²) in [5.74, 6) is 1.15. The van der Waals surface area contributed by atoms with Crippen molar-refractivity contribution < 1.29 is 4.79 Å². The molecule has 7 nitrogen and oxygen atoms in total. The molecule has 0 radical (unpaired) electrons. The lowest BCUT2D eigenvalue weighted by molar-refractivity contribution is -0.127. The van der Waals surface area contributed by atoms with E-state index in [1.807, 2.05) is 51.4 Å². The summed E-state index contributed by atoms with van der Waals surface area (Å²) in [5.41, 5.74) is 6.31. The second-order valence-electron chi connectivity index (χ2n) is 9.17. The number of amides is 1. The lowest BCUT2D eigenvalue weighted by Gasteiger charge is -2.31. The van der Waals surface area contributed by atoms with Crippen LogP contribution in [-0.2, 0) is 11.3 Å². The summed E-state index contributed by atoms with van der Waals surface area (Å²) in [6.45, 7) is 8.28. The molecule has 4 heterocycles. The molecule has 4 aromatic rings. The van der Waals surface area contributed by atoms with Gasteiger partial charge in [0.05, 0.1) is 12.2 Å². The molecule has 0 aliphatic carbocycles. The minimum atomic E-state index is 0.0311. The zero-order valence-electron chi connectivity index (χ0n) is 20.0. The molecule has 1 aliphatic rings. The van der Waals surface area contributed by atoms with Gasteiger partial charge in [0.1, 0.15) is 5.82 Å². The van der Waals surface area contributed by atoms with Crippen molar-refractivity contribution in [2.24, 2.45) is 0 Å². The first-order valence-electron chi connectivity index (χ1n) is 11.9. The first kappa shape index (κ1) is 22.1. The van der Waals surface area contributed by atoms with Crippen LogP contribution in [0.2, 0.25) is 0 Å². The Bertz CT molecular complexity index is 1350. The molecule has 3 aromatic heterocycles. The van der Waals surface area contributed by atoms with Gasteiger partial charge in [0.2, 0.25) is 5.91 Å². The van der Waals surface area contributed by atoms with Crippen LogP contribution < -0.4 is 0 Å². The molecule has 1 amide bonds. The van der Waals surface area contributed by atoms with Gasteiger partial charge in [-0.15, -0.1) is 10.2 Å². The van der Waals surface area contributed by atoms with Gasteiger partial charge < -0.3 is 4.90 Å². The van der Waals surface area contributed by atoms with Crippen molar-refractivity contribution in [3.8, 4) is 0 Å². The van der Waals surface area contributed by atoms with Crippen LogP contribution in [0.3, 0.4) is 0 Å². The predicted octanol–water partition coefficient (Wildman–Crippen LogP) is 4.32. The number of likely N-dealkylation sites (tertiary alicyclic amines) is 1. The highest BCUT2D eigenvalue weighted by Gasteiger charge is 2.27. The standard InChI is InChI=1S/C27H30N6O/c1-19-9-11-22(12-10-19)17-33-21(3)24(20(2)30-33)13-14-26(34)31-15-6-7-23(18-31)27-29-28-25-8-4-5-16-32(25)27/h4-5,8-14,16,23H,6-7,15,17-18H2,1-3H3/b14-13+. The number of aromatic nitrogens is 5. The number of hydrogen-bond donors (Lipinski definition) is 0. The highest BCUT2D eigenvalue weighted by molar-refractivity contribution is 5.92. The Morgan fingerprint density at radius 2 is 1.91 bits per heavy atom. The fourth-order valence-corrected chi connectivity index (χ4v) is 4.76. The highest BCUT2D eigenvalue weighted by Crippen LogP contribution is 2.26. The first-order chi connectivity index (χ1) is 16.5. The third kappa shape index (κ3) is 4.38. The maximum atomic E-state index is 13.1. The number of rotatable bonds is 5. The SMILES string of the molecule is Cc1ccc(Cn2nc(C)c(/C=C/C(=O)N3CCCC(c4nnc5ccccn45)C3)c2C)cc1. The molecule has 1 unspecified atom stereocenters. The molecule has 174 valence electrons. The summed E-state index contributed by atoms with van der Waals surface area (Å²) in [5, 5.41) is 13.4. The van der Waals surface area contributed by atoms with Crippen molar-refractivity contribution in [2.75, 3.05) is 13.1 Å². The molecule has 0 bridgehead atoms. The lowest BCUT2D eigenvalue weighted by Crippen LogP contribution is -2.38. The average Bonchev–Trinajstić information content (AvgIpc) is 3.40. The zero-order chi connectivity index (χ0) is 23.7. The minimum Gasteiger partial charge on any atom is -0.338 e. The van der Waals surface area contributed by atoms with Gasteiger partial charge in [-0.05, 0) is 57.4 Å². The maximum Gasteiger partial charge on any atom is 0.246 e. The molecule has 7 heteroatoms. The predicted molar refractivity (Wildman–Crippen MR) is 133 cm³/mol. The molecule has 1 aliphatic heterocycles. The van der Waals surface area contributed by atoms with Crippen LogP contribution in [0.15, 0.2) is 54.7 Å². The number of carbonyl (C=O) groups excluding carboxylic acids is 1. The summed E-state index contributed by atoms with van der Waals surface area (Å²) < 4.78 is 4.04. The van der Waals surface area contributed by atoms with Gasteiger partial charge in [0.15, 0.2) is 5.65 Å². The maximum absolute atomic E-state index is 13.1. The number of fused-ring (bicyclic) bond motifs is 1. The van der Waals surface area contributed by atoms with Crippen molar-refractivity contribution >= 4 is 17.6 Å². The van der Waals surface area contributed by atoms with Gasteiger partial charge in [-0.2, -0.15) is 5.10 Å². The Morgan fingerprint density at radius 3 is 2.74 bits per heavy atom. The van der Waals surface area contributed by atoms with E-state index in [0.717, 1.165) is 54.4 Å². The second kappa shape index (κ2) is 9.25. The fourth-order valence-electron chi connectivity index (χ4n) is 4.76. The minimum absolute atomic E-state index is 0.0311. The van der Waals surface area contributed by atoms with E-state index in [-0.39, 0.29) is 11.8 Å². The van der Waals surface area contributed by atoms with Gasteiger partial charge >= 0.3 is 0 Å². The summed E-state index contributed by atoms with van der Waals surface area (Å²) in [4.78, 5) is 15.0. The Balaban J connectivity index is 1.29. The van der Waals surface area contributed by atoms with Crippen molar-refractivity contribution in [3.05, 3.63) is 88.6 Å². The van der Waals surface area contributed by atoms with Crippen LogP contribution in [-0.4, -0.2) is 48.3 Å². The van der Waals surface area contributed by atoms with E-state index >= 15 is 0 Å². The molecule has 34 heavy (non-hydrogen) atoms. The van der Waals surface area contributed by atoms with Gasteiger partial charge in [-0.3, -0.25) is 13.9 Å². The highest BCUT2D eigenvalue weighted by atomic mass is 16.2.